The minimum atomic E-state index is 0.400. The minimum absolute atomic E-state index is 0.400. The number of allylic oxidation sites excluding steroid dienone is 11. The molecule has 0 radical (unpaired) electrons. The highest BCUT2D eigenvalue weighted by Gasteiger charge is 2.30. The van der Waals surface area contributed by atoms with Crippen molar-refractivity contribution >= 4 is 39.2 Å². The summed E-state index contributed by atoms with van der Waals surface area (Å²) in [6.07, 6.45) is 18.4. The smallest absolute Gasteiger partial charge is 0.0690 e. The molecule has 1 atom stereocenters. The van der Waals surface area contributed by atoms with E-state index in [1.165, 1.54) is 50.0 Å². The highest BCUT2D eigenvalue weighted by Crippen LogP contribution is 2.50. The molecular formula is C34H29NS. The monoisotopic (exact) mass is 483 g/mol. The topological polar surface area (TPSA) is 3.24 Å². The van der Waals surface area contributed by atoms with Crippen molar-refractivity contribution in [3.63, 3.8) is 0 Å². The van der Waals surface area contributed by atoms with Crippen molar-refractivity contribution in [1.82, 2.24) is 0 Å². The van der Waals surface area contributed by atoms with E-state index in [0.717, 1.165) is 22.6 Å². The number of anilines is 2. The van der Waals surface area contributed by atoms with Gasteiger partial charge < -0.3 is 4.90 Å². The summed E-state index contributed by atoms with van der Waals surface area (Å²) >= 11 is 6.05. The molecule has 3 aromatic carbocycles. The summed E-state index contributed by atoms with van der Waals surface area (Å²) in [7, 11) is 0. The summed E-state index contributed by atoms with van der Waals surface area (Å²) in [5.41, 5.74) is 11.2. The van der Waals surface area contributed by atoms with Crippen molar-refractivity contribution in [2.24, 2.45) is 0 Å². The number of benzene rings is 3. The molecule has 1 nitrogen and oxygen atoms in total. The van der Waals surface area contributed by atoms with E-state index in [2.05, 4.69) is 116 Å². The van der Waals surface area contributed by atoms with Crippen LogP contribution in [0.15, 0.2) is 126 Å². The van der Waals surface area contributed by atoms with E-state index in [4.69, 9.17) is 12.2 Å². The van der Waals surface area contributed by atoms with Crippen LogP contribution in [0.4, 0.5) is 11.4 Å². The van der Waals surface area contributed by atoms with E-state index in [-0.39, 0.29) is 0 Å². The van der Waals surface area contributed by atoms with Gasteiger partial charge in [0.1, 0.15) is 0 Å². The second-order valence-corrected chi connectivity index (χ2v) is 10.2. The average Bonchev–Trinajstić information content (AvgIpc) is 2.90. The van der Waals surface area contributed by atoms with Crippen LogP contribution >= 0.6 is 12.2 Å². The first-order valence-electron chi connectivity index (χ1n) is 12.6. The Morgan fingerprint density at radius 1 is 0.944 bits per heavy atom. The molecule has 3 aliphatic rings. The lowest BCUT2D eigenvalue weighted by Crippen LogP contribution is -2.26. The molecule has 1 unspecified atom stereocenters. The Morgan fingerprint density at radius 2 is 1.78 bits per heavy atom. The molecule has 0 fully saturated rings. The van der Waals surface area contributed by atoms with E-state index in [9.17, 15) is 0 Å². The van der Waals surface area contributed by atoms with Gasteiger partial charge in [-0.25, -0.2) is 0 Å². The number of rotatable bonds is 3. The maximum atomic E-state index is 6.05. The fourth-order valence-electron chi connectivity index (χ4n) is 5.56. The fourth-order valence-corrected chi connectivity index (χ4v) is 5.86. The lowest BCUT2D eigenvalue weighted by Gasteiger charge is -2.36. The summed E-state index contributed by atoms with van der Waals surface area (Å²) in [5.74, 6) is 0.400. The maximum Gasteiger partial charge on any atom is 0.0690 e. The van der Waals surface area contributed by atoms with Crippen LogP contribution < -0.4 is 4.90 Å². The Bertz CT molecular complexity index is 1600. The van der Waals surface area contributed by atoms with Gasteiger partial charge in [-0.05, 0) is 73.6 Å². The molecule has 0 spiro atoms. The first kappa shape index (κ1) is 22.7. The molecule has 0 amide bonds. The Kier molecular flexibility index (Phi) is 5.70. The minimum Gasteiger partial charge on any atom is -0.308 e. The predicted molar refractivity (Wildman–Crippen MR) is 159 cm³/mol. The van der Waals surface area contributed by atoms with Crippen molar-refractivity contribution in [2.75, 3.05) is 4.90 Å². The predicted octanol–water partition coefficient (Wildman–Crippen LogP) is 9.66. The number of hydrogen-bond donors (Lipinski definition) is 0. The molecule has 2 aliphatic carbocycles. The Labute approximate surface area is 219 Å². The van der Waals surface area contributed by atoms with Crippen LogP contribution in [-0.4, -0.2) is 4.86 Å². The zero-order valence-electron chi connectivity index (χ0n) is 21.0. The summed E-state index contributed by atoms with van der Waals surface area (Å²) < 4.78 is 0. The SMILES string of the molecule is C/C=C\C=C1\C=CC=C(N2c3ccc(C4C=C(C)C(C)=CC4)cc3-c3cccc4cccc2c34)C1=S. The van der Waals surface area contributed by atoms with Gasteiger partial charge in [0.25, 0.3) is 0 Å². The van der Waals surface area contributed by atoms with Crippen LogP contribution in [0.5, 0.6) is 0 Å². The number of hydrogen-bond acceptors (Lipinski definition) is 2. The van der Waals surface area contributed by atoms with Gasteiger partial charge in [0, 0.05) is 16.9 Å². The van der Waals surface area contributed by atoms with E-state index < -0.39 is 0 Å². The Morgan fingerprint density at radius 3 is 2.58 bits per heavy atom. The molecule has 3 aromatic rings. The Hall–Kier alpha value is -3.75. The molecule has 6 rings (SSSR count). The van der Waals surface area contributed by atoms with Crippen LogP contribution in [0.1, 0.15) is 38.7 Å². The highest BCUT2D eigenvalue weighted by molar-refractivity contribution is 7.81. The molecule has 2 heteroatoms. The molecule has 1 heterocycles. The van der Waals surface area contributed by atoms with Crippen molar-refractivity contribution in [1.29, 1.82) is 0 Å². The second kappa shape index (κ2) is 9.04. The molecule has 36 heavy (non-hydrogen) atoms. The van der Waals surface area contributed by atoms with Crippen molar-refractivity contribution in [2.45, 2.75) is 33.1 Å². The molecular weight excluding hydrogens is 454 g/mol. The lowest BCUT2D eigenvalue weighted by atomic mass is 9.83. The van der Waals surface area contributed by atoms with Gasteiger partial charge in [-0.15, -0.1) is 0 Å². The van der Waals surface area contributed by atoms with Crippen LogP contribution in [0.2, 0.25) is 0 Å². The zero-order chi connectivity index (χ0) is 24.8. The van der Waals surface area contributed by atoms with Gasteiger partial charge in [0.15, 0.2) is 0 Å². The van der Waals surface area contributed by atoms with Gasteiger partial charge >= 0.3 is 0 Å². The van der Waals surface area contributed by atoms with Crippen LogP contribution in [0, 0.1) is 0 Å². The van der Waals surface area contributed by atoms with Gasteiger partial charge in [0.2, 0.25) is 0 Å². The molecule has 0 bridgehead atoms. The zero-order valence-corrected chi connectivity index (χ0v) is 21.8. The fraction of sp³-hybridized carbons (Fsp3) is 0.147. The highest BCUT2D eigenvalue weighted by atomic mass is 32.1. The number of fused-ring (bicyclic) bond motifs is 2. The molecule has 0 saturated heterocycles. The molecule has 0 N–H and O–H groups in total. The third-order valence-electron chi connectivity index (χ3n) is 7.59. The van der Waals surface area contributed by atoms with Crippen molar-refractivity contribution in [3.05, 3.63) is 131 Å². The number of nitrogens with zero attached hydrogens (tertiary/aromatic N) is 1. The third-order valence-corrected chi connectivity index (χ3v) is 8.03. The van der Waals surface area contributed by atoms with Crippen LogP contribution in [0.25, 0.3) is 21.9 Å². The summed E-state index contributed by atoms with van der Waals surface area (Å²) in [6.45, 7) is 6.45. The lowest BCUT2D eigenvalue weighted by molar-refractivity contribution is 0.832. The summed E-state index contributed by atoms with van der Waals surface area (Å²) in [6, 6.07) is 20.2. The van der Waals surface area contributed by atoms with Crippen LogP contribution in [-0.2, 0) is 0 Å². The average molecular weight is 484 g/mol. The maximum absolute atomic E-state index is 6.05. The van der Waals surface area contributed by atoms with Crippen LogP contribution in [0.3, 0.4) is 0 Å². The summed E-state index contributed by atoms with van der Waals surface area (Å²) in [5, 5.41) is 2.54. The second-order valence-electron chi connectivity index (χ2n) is 9.76. The van der Waals surface area contributed by atoms with Gasteiger partial charge in [0.05, 0.1) is 21.9 Å². The molecule has 0 saturated carbocycles. The van der Waals surface area contributed by atoms with E-state index in [1.807, 2.05) is 13.0 Å². The quantitative estimate of drug-likeness (QED) is 0.269. The largest absolute Gasteiger partial charge is 0.308 e. The Balaban J connectivity index is 1.56. The summed E-state index contributed by atoms with van der Waals surface area (Å²) in [4.78, 5) is 3.24. The van der Waals surface area contributed by atoms with Crippen molar-refractivity contribution in [3.8, 4) is 11.1 Å². The van der Waals surface area contributed by atoms with Gasteiger partial charge in [-0.2, -0.15) is 0 Å². The molecule has 176 valence electrons. The van der Waals surface area contributed by atoms with E-state index in [1.54, 1.807) is 0 Å². The molecule has 0 aromatic heterocycles. The van der Waals surface area contributed by atoms with E-state index in [0.29, 0.717) is 5.92 Å². The van der Waals surface area contributed by atoms with Crippen molar-refractivity contribution < 1.29 is 0 Å². The first-order valence-corrected chi connectivity index (χ1v) is 13.1. The first-order chi connectivity index (χ1) is 17.6. The van der Waals surface area contributed by atoms with Gasteiger partial charge in [-0.3, -0.25) is 0 Å². The van der Waals surface area contributed by atoms with Gasteiger partial charge in [-0.1, -0.05) is 102 Å². The number of thiocarbonyl (C=S) groups is 1. The normalized spacial score (nSPS) is 20.0. The molecule has 1 aliphatic heterocycles. The standard InChI is InChI=1S/C34H29NS/c1-4-5-9-25-12-8-15-32(34(25)36)35-30-19-18-27(26-17-16-22(2)23(3)20-26)21-29(30)28-13-6-10-24-11-7-14-31(35)33(24)28/h4-16,18-21,26H,17H2,1-3H3/b5-4-,25-9-. The third kappa shape index (κ3) is 3.65. The van der Waals surface area contributed by atoms with E-state index >= 15 is 0 Å².